The van der Waals surface area contributed by atoms with Crippen LogP contribution in [0.1, 0.15) is 34.7 Å². The number of hydrogen-bond donors (Lipinski definition) is 3. The fraction of sp³-hybridized carbons (Fsp3) is 0.278. The van der Waals surface area contributed by atoms with Crippen LogP contribution in [-0.4, -0.2) is 28.6 Å². The fourth-order valence-electron chi connectivity index (χ4n) is 2.93. The lowest BCUT2D eigenvalue weighted by Crippen LogP contribution is -2.46. The highest BCUT2D eigenvalue weighted by Gasteiger charge is 2.30. The van der Waals surface area contributed by atoms with Gasteiger partial charge in [0.05, 0.1) is 5.56 Å². The first-order valence-corrected chi connectivity index (χ1v) is 8.16. The average Bonchev–Trinajstić information content (AvgIpc) is 2.68. The number of esters is 1. The van der Waals surface area contributed by atoms with Gasteiger partial charge in [0.1, 0.15) is 12.5 Å². The predicted molar refractivity (Wildman–Crippen MR) is 84.8 cm³/mol. The minimum atomic E-state index is -2.36. The van der Waals surface area contributed by atoms with E-state index in [1.807, 2.05) is 0 Å². The number of benzene rings is 2. The van der Waals surface area contributed by atoms with Crippen LogP contribution >= 0.6 is 0 Å². The molecular weight excluding hydrogens is 389 g/mol. The van der Waals surface area contributed by atoms with Crippen LogP contribution in [0, 0.1) is 29.1 Å². The van der Waals surface area contributed by atoms with Crippen molar-refractivity contribution in [2.24, 2.45) is 0 Å². The molecule has 3 rings (SSSR count). The Kier molecular flexibility index (Phi) is 5.64. The van der Waals surface area contributed by atoms with Crippen molar-refractivity contribution in [2.75, 3.05) is 0 Å². The van der Waals surface area contributed by atoms with Crippen LogP contribution in [0.25, 0.3) is 0 Å². The van der Waals surface area contributed by atoms with E-state index in [1.165, 1.54) is 24.3 Å². The van der Waals surface area contributed by atoms with Gasteiger partial charge in [-0.05, 0) is 30.5 Å². The Labute approximate surface area is 155 Å². The molecule has 0 saturated carbocycles. The van der Waals surface area contributed by atoms with Gasteiger partial charge in [-0.25, -0.2) is 18.0 Å². The molecular formula is C18H14F5NO4. The molecule has 0 radical (unpaired) electrons. The van der Waals surface area contributed by atoms with Crippen LogP contribution in [-0.2, 0) is 0 Å². The van der Waals surface area contributed by atoms with Gasteiger partial charge in [-0.2, -0.15) is 8.78 Å². The zero-order valence-electron chi connectivity index (χ0n) is 14.1. The zero-order valence-corrected chi connectivity index (χ0v) is 14.1. The Hall–Kier alpha value is -2.56. The third-order valence-corrected chi connectivity index (χ3v) is 4.43. The van der Waals surface area contributed by atoms with Gasteiger partial charge in [-0.3, -0.25) is 5.32 Å². The molecule has 0 aliphatic carbocycles. The molecule has 1 aliphatic heterocycles. The lowest BCUT2D eigenvalue weighted by Gasteiger charge is -2.32. The van der Waals surface area contributed by atoms with Crippen LogP contribution in [0.2, 0.25) is 0 Å². The summed E-state index contributed by atoms with van der Waals surface area (Å²) < 4.78 is 71.0. The van der Waals surface area contributed by atoms with Crippen LogP contribution < -0.4 is 10.1 Å². The van der Waals surface area contributed by atoms with Crippen molar-refractivity contribution in [3.8, 4) is 5.75 Å². The van der Waals surface area contributed by atoms with Gasteiger partial charge in [-0.15, -0.1) is 0 Å². The Morgan fingerprint density at radius 1 is 0.893 bits per heavy atom. The number of piperidine rings is 1. The first-order chi connectivity index (χ1) is 13.2. The Bertz CT molecular complexity index is 877. The summed E-state index contributed by atoms with van der Waals surface area (Å²) in [7, 11) is 0. The fourth-order valence-corrected chi connectivity index (χ4v) is 2.93. The molecule has 3 atom stereocenters. The van der Waals surface area contributed by atoms with Crippen molar-refractivity contribution in [3.05, 3.63) is 64.5 Å². The number of carbonyl (C=O) groups excluding carboxylic acids is 1. The van der Waals surface area contributed by atoms with Crippen LogP contribution in [0.5, 0.6) is 5.75 Å². The molecule has 28 heavy (non-hydrogen) atoms. The monoisotopic (exact) mass is 403 g/mol. The standard InChI is InChI=1S/C18H14F5NO4/c19-11-12(20)14(22)16(15(23)13(11)21)28-18(27)8-3-1-7(2-4-8)9-5-6-10(25)24-17(9)26/h1-4,9-10,17,24-26H,5-6H2. The molecule has 10 heteroatoms. The van der Waals surface area contributed by atoms with Gasteiger partial charge in [0.2, 0.25) is 34.8 Å². The summed E-state index contributed by atoms with van der Waals surface area (Å²) in [6, 6.07) is 5.34. The number of hydrogen-bond acceptors (Lipinski definition) is 5. The van der Waals surface area contributed by atoms with Gasteiger partial charge in [0.15, 0.2) is 0 Å². The number of halogens is 5. The highest BCUT2D eigenvalue weighted by Crippen LogP contribution is 2.31. The molecule has 1 saturated heterocycles. The highest BCUT2D eigenvalue weighted by molar-refractivity contribution is 5.91. The Morgan fingerprint density at radius 3 is 1.96 bits per heavy atom. The number of rotatable bonds is 3. The van der Waals surface area contributed by atoms with Crippen LogP contribution in [0.3, 0.4) is 0 Å². The third kappa shape index (κ3) is 3.71. The third-order valence-electron chi connectivity index (χ3n) is 4.43. The van der Waals surface area contributed by atoms with Gasteiger partial charge in [0, 0.05) is 5.92 Å². The average molecular weight is 403 g/mol. The highest BCUT2D eigenvalue weighted by atomic mass is 19.2. The molecule has 0 bridgehead atoms. The lowest BCUT2D eigenvalue weighted by atomic mass is 9.89. The summed E-state index contributed by atoms with van der Waals surface area (Å²) in [4.78, 5) is 12.0. The molecule has 5 nitrogen and oxygen atoms in total. The van der Waals surface area contributed by atoms with Crippen molar-refractivity contribution in [1.29, 1.82) is 0 Å². The van der Waals surface area contributed by atoms with Gasteiger partial charge in [-0.1, -0.05) is 12.1 Å². The van der Waals surface area contributed by atoms with E-state index in [9.17, 15) is 37.0 Å². The lowest BCUT2D eigenvalue weighted by molar-refractivity contribution is -0.0100. The van der Waals surface area contributed by atoms with Crippen LogP contribution in [0.4, 0.5) is 22.0 Å². The van der Waals surface area contributed by atoms with Crippen molar-refractivity contribution in [2.45, 2.75) is 31.2 Å². The minimum Gasteiger partial charge on any atom is -0.416 e. The smallest absolute Gasteiger partial charge is 0.343 e. The summed E-state index contributed by atoms with van der Waals surface area (Å²) in [5.41, 5.74) is 0.408. The van der Waals surface area contributed by atoms with Crippen molar-refractivity contribution in [3.63, 3.8) is 0 Å². The maximum atomic E-state index is 13.6. The van der Waals surface area contributed by atoms with Gasteiger partial charge >= 0.3 is 5.97 Å². The summed E-state index contributed by atoms with van der Waals surface area (Å²) in [5.74, 6) is -14.7. The maximum Gasteiger partial charge on any atom is 0.343 e. The molecule has 0 aromatic heterocycles. The van der Waals surface area contributed by atoms with E-state index >= 15 is 0 Å². The van der Waals surface area contributed by atoms with Crippen LogP contribution in [0.15, 0.2) is 24.3 Å². The van der Waals surface area contributed by atoms with Crippen molar-refractivity contribution >= 4 is 5.97 Å². The molecule has 2 aromatic carbocycles. The van der Waals surface area contributed by atoms with Crippen molar-refractivity contribution in [1.82, 2.24) is 5.32 Å². The van der Waals surface area contributed by atoms with Crippen molar-refractivity contribution < 1.29 is 41.7 Å². The van der Waals surface area contributed by atoms with Gasteiger partial charge in [0.25, 0.3) is 0 Å². The molecule has 1 heterocycles. The Balaban J connectivity index is 1.80. The number of aliphatic hydroxyl groups is 2. The summed E-state index contributed by atoms with van der Waals surface area (Å²) in [6.07, 6.45) is -0.994. The Morgan fingerprint density at radius 2 is 1.43 bits per heavy atom. The minimum absolute atomic E-state index is 0.203. The number of ether oxygens (including phenoxy) is 1. The molecule has 0 spiro atoms. The van der Waals surface area contributed by atoms with E-state index in [0.717, 1.165) is 0 Å². The second-order valence-electron chi connectivity index (χ2n) is 6.22. The SMILES string of the molecule is O=C(Oc1c(F)c(F)c(F)c(F)c1F)c1ccc(C2CCC(O)NC2O)cc1. The second kappa shape index (κ2) is 7.82. The first-order valence-electron chi connectivity index (χ1n) is 8.16. The van der Waals surface area contributed by atoms with E-state index in [0.29, 0.717) is 18.4 Å². The topological polar surface area (TPSA) is 78.8 Å². The molecule has 3 unspecified atom stereocenters. The molecule has 0 amide bonds. The van der Waals surface area contributed by atoms with E-state index in [1.54, 1.807) is 0 Å². The van der Waals surface area contributed by atoms with E-state index in [2.05, 4.69) is 10.1 Å². The second-order valence-corrected chi connectivity index (χ2v) is 6.22. The van der Waals surface area contributed by atoms with E-state index in [-0.39, 0.29) is 11.5 Å². The largest absolute Gasteiger partial charge is 0.416 e. The molecule has 1 fully saturated rings. The summed E-state index contributed by atoms with van der Waals surface area (Å²) in [5, 5.41) is 21.9. The zero-order chi connectivity index (χ0) is 20.6. The molecule has 150 valence electrons. The number of carbonyl (C=O) groups is 1. The van der Waals surface area contributed by atoms with E-state index < -0.39 is 53.3 Å². The number of aliphatic hydroxyl groups excluding tert-OH is 2. The normalized spacial score (nSPS) is 22.2. The maximum absolute atomic E-state index is 13.6. The predicted octanol–water partition coefficient (Wildman–Crippen LogP) is 2.71. The van der Waals surface area contributed by atoms with E-state index in [4.69, 9.17) is 0 Å². The quantitative estimate of drug-likeness (QED) is 0.242. The van der Waals surface area contributed by atoms with Gasteiger partial charge < -0.3 is 14.9 Å². The first kappa shape index (κ1) is 20.2. The molecule has 1 aliphatic rings. The molecule has 2 aromatic rings. The summed E-state index contributed by atoms with van der Waals surface area (Å²) in [6.45, 7) is 0. The number of nitrogens with one attached hydrogen (secondary N) is 1. The summed E-state index contributed by atoms with van der Waals surface area (Å²) >= 11 is 0. The molecule has 3 N–H and O–H groups in total.